The number of esters is 2. The van der Waals surface area contributed by atoms with Gasteiger partial charge in [-0.1, -0.05) is 30.3 Å². The SMILES string of the molecule is O=C1C=C(C(=Cc2ccccc2)S(=O)(=O)O)C(=O)O1. The minimum Gasteiger partial charge on any atom is -0.386 e. The van der Waals surface area contributed by atoms with Crippen LogP contribution in [0.4, 0.5) is 0 Å². The third-order valence-electron chi connectivity index (χ3n) is 2.32. The molecule has 6 nitrogen and oxygen atoms in total. The summed E-state index contributed by atoms with van der Waals surface area (Å²) in [5.74, 6) is -2.08. The second kappa shape index (κ2) is 4.79. The third kappa shape index (κ3) is 2.95. The van der Waals surface area contributed by atoms with Crippen LogP contribution in [0.5, 0.6) is 0 Å². The number of rotatable bonds is 3. The van der Waals surface area contributed by atoms with Gasteiger partial charge in [0.2, 0.25) is 0 Å². The predicted octanol–water partition coefficient (Wildman–Crippen LogP) is 0.925. The van der Waals surface area contributed by atoms with E-state index in [4.69, 9.17) is 4.55 Å². The Morgan fingerprint density at radius 3 is 2.26 bits per heavy atom. The molecule has 2 rings (SSSR count). The summed E-state index contributed by atoms with van der Waals surface area (Å²) in [6.45, 7) is 0. The minimum atomic E-state index is -4.66. The lowest BCUT2D eigenvalue weighted by molar-refractivity contribution is -0.150. The van der Waals surface area contributed by atoms with Crippen LogP contribution in [0, 0.1) is 0 Å². The molecule has 0 fully saturated rings. The van der Waals surface area contributed by atoms with Crippen molar-refractivity contribution in [1.82, 2.24) is 0 Å². The minimum absolute atomic E-state index is 0.447. The van der Waals surface area contributed by atoms with Crippen LogP contribution in [-0.2, 0) is 24.4 Å². The van der Waals surface area contributed by atoms with Gasteiger partial charge in [0, 0.05) is 6.08 Å². The molecule has 0 bridgehead atoms. The second-order valence-corrected chi connectivity index (χ2v) is 5.05. The molecule has 0 radical (unpaired) electrons. The molecule has 1 aromatic rings. The van der Waals surface area contributed by atoms with Crippen molar-refractivity contribution in [3.63, 3.8) is 0 Å². The second-order valence-electron chi connectivity index (χ2n) is 3.66. The first-order valence-electron chi connectivity index (χ1n) is 5.10. The van der Waals surface area contributed by atoms with E-state index in [0.717, 1.165) is 12.2 Å². The van der Waals surface area contributed by atoms with E-state index in [2.05, 4.69) is 4.74 Å². The van der Waals surface area contributed by atoms with Gasteiger partial charge in [0.25, 0.3) is 10.1 Å². The Morgan fingerprint density at radius 2 is 1.79 bits per heavy atom. The number of hydrogen-bond donors (Lipinski definition) is 1. The summed E-state index contributed by atoms with van der Waals surface area (Å²) >= 11 is 0. The maximum absolute atomic E-state index is 11.3. The van der Waals surface area contributed by atoms with E-state index in [1.54, 1.807) is 30.3 Å². The van der Waals surface area contributed by atoms with Gasteiger partial charge in [0.05, 0.1) is 5.57 Å². The van der Waals surface area contributed by atoms with Crippen LogP contribution in [0.25, 0.3) is 6.08 Å². The molecule has 0 saturated heterocycles. The van der Waals surface area contributed by atoms with E-state index >= 15 is 0 Å². The molecule has 0 saturated carbocycles. The van der Waals surface area contributed by atoms with E-state index < -0.39 is 32.5 Å². The van der Waals surface area contributed by atoms with Gasteiger partial charge in [0.1, 0.15) is 4.91 Å². The van der Waals surface area contributed by atoms with Crippen LogP contribution in [-0.4, -0.2) is 24.9 Å². The van der Waals surface area contributed by atoms with Crippen molar-refractivity contribution in [1.29, 1.82) is 0 Å². The molecule has 1 aliphatic heterocycles. The van der Waals surface area contributed by atoms with E-state index in [0.29, 0.717) is 5.56 Å². The van der Waals surface area contributed by atoms with Crippen molar-refractivity contribution in [2.45, 2.75) is 0 Å². The summed E-state index contributed by atoms with van der Waals surface area (Å²) in [5, 5.41) is 0. The molecule has 1 aliphatic rings. The molecule has 19 heavy (non-hydrogen) atoms. The largest absolute Gasteiger partial charge is 0.386 e. The van der Waals surface area contributed by atoms with E-state index in [9.17, 15) is 18.0 Å². The number of benzene rings is 1. The number of carbonyl (C=O) groups is 2. The van der Waals surface area contributed by atoms with Gasteiger partial charge in [-0.2, -0.15) is 8.42 Å². The predicted molar refractivity (Wildman–Crippen MR) is 65.1 cm³/mol. The highest BCUT2D eigenvalue weighted by atomic mass is 32.2. The number of ether oxygens (including phenoxy) is 1. The molecule has 0 amide bonds. The molecule has 0 spiro atoms. The van der Waals surface area contributed by atoms with Crippen LogP contribution >= 0.6 is 0 Å². The third-order valence-corrected chi connectivity index (χ3v) is 3.21. The zero-order valence-electron chi connectivity index (χ0n) is 9.44. The van der Waals surface area contributed by atoms with Crippen LogP contribution in [0.1, 0.15) is 5.56 Å². The molecule has 0 aromatic heterocycles. The van der Waals surface area contributed by atoms with Gasteiger partial charge < -0.3 is 4.74 Å². The van der Waals surface area contributed by atoms with E-state index in [-0.39, 0.29) is 0 Å². The van der Waals surface area contributed by atoms with Crippen LogP contribution in [0.15, 0.2) is 46.9 Å². The van der Waals surface area contributed by atoms with Crippen molar-refractivity contribution in [3.05, 3.63) is 52.4 Å². The maximum Gasteiger partial charge on any atom is 0.347 e. The van der Waals surface area contributed by atoms with Crippen molar-refractivity contribution >= 4 is 28.1 Å². The molecule has 0 aliphatic carbocycles. The molecular weight excluding hydrogens is 272 g/mol. The molecule has 1 heterocycles. The van der Waals surface area contributed by atoms with Crippen molar-refractivity contribution < 1.29 is 27.3 Å². The Bertz CT molecular complexity index is 697. The topological polar surface area (TPSA) is 97.7 Å². The van der Waals surface area contributed by atoms with Gasteiger partial charge in [0.15, 0.2) is 0 Å². The molecular formula is C12H8O6S. The molecule has 1 N–H and O–H groups in total. The van der Waals surface area contributed by atoms with Crippen LogP contribution < -0.4 is 0 Å². The highest BCUT2D eigenvalue weighted by Crippen LogP contribution is 2.24. The highest BCUT2D eigenvalue weighted by molar-refractivity contribution is 7.90. The van der Waals surface area contributed by atoms with Crippen LogP contribution in [0.3, 0.4) is 0 Å². The summed E-state index contributed by atoms with van der Waals surface area (Å²) in [5.41, 5.74) is -0.0421. The average Bonchev–Trinajstić information content (AvgIpc) is 2.65. The monoisotopic (exact) mass is 280 g/mol. The van der Waals surface area contributed by atoms with Crippen molar-refractivity contribution in [2.75, 3.05) is 0 Å². The Kier molecular flexibility index (Phi) is 3.32. The van der Waals surface area contributed by atoms with Gasteiger partial charge in [-0.25, -0.2) is 9.59 Å². The lowest BCUT2D eigenvalue weighted by Crippen LogP contribution is -2.10. The first kappa shape index (κ1) is 13.2. The number of hydrogen-bond acceptors (Lipinski definition) is 5. The van der Waals surface area contributed by atoms with Crippen molar-refractivity contribution in [3.8, 4) is 0 Å². The quantitative estimate of drug-likeness (QED) is 0.502. The molecule has 7 heteroatoms. The fourth-order valence-corrected chi connectivity index (χ4v) is 2.22. The summed E-state index contributed by atoms with van der Waals surface area (Å²) in [6, 6.07) is 8.18. The standard InChI is InChI=1S/C12H8O6S/c13-11-7-9(12(14)18-11)10(19(15,16)17)6-8-4-2-1-3-5-8/h1-7H,(H,15,16,17). The van der Waals surface area contributed by atoms with Gasteiger partial charge >= 0.3 is 11.9 Å². The summed E-state index contributed by atoms with van der Waals surface area (Å²) in [4.78, 5) is 21.6. The van der Waals surface area contributed by atoms with Crippen LogP contribution in [0.2, 0.25) is 0 Å². The molecule has 1 aromatic carbocycles. The summed E-state index contributed by atoms with van der Waals surface area (Å²) in [7, 11) is -4.66. The first-order valence-corrected chi connectivity index (χ1v) is 6.54. The Labute approximate surface area is 108 Å². The van der Waals surface area contributed by atoms with E-state index in [1.165, 1.54) is 0 Å². The normalized spacial score (nSPS) is 16.3. The Hall–Kier alpha value is -2.25. The maximum atomic E-state index is 11.3. The Balaban J connectivity index is 2.56. The average molecular weight is 280 g/mol. The molecule has 0 atom stereocenters. The molecule has 0 unspecified atom stereocenters. The van der Waals surface area contributed by atoms with Gasteiger partial charge in [-0.05, 0) is 11.6 Å². The fraction of sp³-hybridized carbons (Fsp3) is 0. The summed E-state index contributed by atoms with van der Waals surface area (Å²) < 4.78 is 36.0. The number of carbonyl (C=O) groups excluding carboxylic acids is 2. The summed E-state index contributed by atoms with van der Waals surface area (Å²) in [6.07, 6.45) is 1.81. The highest BCUT2D eigenvalue weighted by Gasteiger charge is 2.32. The van der Waals surface area contributed by atoms with Gasteiger partial charge in [-0.3, -0.25) is 4.55 Å². The molecule has 98 valence electrons. The fourth-order valence-electron chi connectivity index (χ4n) is 1.52. The smallest absolute Gasteiger partial charge is 0.347 e. The number of cyclic esters (lactones) is 2. The first-order chi connectivity index (χ1) is 8.88. The Morgan fingerprint density at radius 1 is 1.16 bits per heavy atom. The zero-order valence-corrected chi connectivity index (χ0v) is 10.3. The van der Waals surface area contributed by atoms with Gasteiger partial charge in [-0.15, -0.1) is 0 Å². The lowest BCUT2D eigenvalue weighted by atomic mass is 10.1. The van der Waals surface area contributed by atoms with E-state index in [1.807, 2.05) is 0 Å². The van der Waals surface area contributed by atoms with Crippen molar-refractivity contribution in [2.24, 2.45) is 0 Å². The lowest BCUT2D eigenvalue weighted by Gasteiger charge is -2.03. The zero-order chi connectivity index (χ0) is 14.0.